The van der Waals surface area contributed by atoms with Gasteiger partial charge >= 0.3 is 6.09 Å². The van der Waals surface area contributed by atoms with Gasteiger partial charge in [0.2, 0.25) is 0 Å². The first-order valence-corrected chi connectivity index (χ1v) is 5.48. The first kappa shape index (κ1) is 13.2. The number of rotatable bonds is 3. The van der Waals surface area contributed by atoms with E-state index in [1.165, 1.54) is 19.3 Å². The van der Waals surface area contributed by atoms with Gasteiger partial charge in [0, 0.05) is 14.5 Å². The van der Waals surface area contributed by atoms with Crippen LogP contribution in [0.3, 0.4) is 0 Å². The molecule has 1 heterocycles. The normalized spacial score (nSPS) is 16.7. The van der Waals surface area contributed by atoms with Gasteiger partial charge in [0.1, 0.15) is 0 Å². The Kier molecular flexibility index (Phi) is 8.33. The van der Waals surface area contributed by atoms with Crippen LogP contribution in [0.1, 0.15) is 34.5 Å². The molecule has 1 amide bonds. The minimum atomic E-state index is -0.924. The maximum Gasteiger partial charge on any atom is 0.404 e. The highest BCUT2D eigenvalue weighted by molar-refractivity contribution is 5.64. The third-order valence-electron chi connectivity index (χ3n) is 2.15. The standard InChI is InChI=1S/C8H16N2O2.C2H6.H2/c11-8(12)9-4-7-10-5-2-1-3-6-10;1-2;/h9H,1-7H2,(H,11,12);1-2H3;1H. The van der Waals surface area contributed by atoms with E-state index in [9.17, 15) is 4.79 Å². The van der Waals surface area contributed by atoms with Gasteiger partial charge in [0.05, 0.1) is 0 Å². The Morgan fingerprint density at radius 3 is 2.43 bits per heavy atom. The Morgan fingerprint density at radius 2 is 1.93 bits per heavy atom. The summed E-state index contributed by atoms with van der Waals surface area (Å²) in [4.78, 5) is 12.4. The molecule has 4 heteroatoms. The van der Waals surface area contributed by atoms with Crippen LogP contribution in [-0.4, -0.2) is 42.3 Å². The summed E-state index contributed by atoms with van der Waals surface area (Å²) in [5, 5.41) is 10.7. The second-order valence-corrected chi connectivity index (χ2v) is 3.13. The van der Waals surface area contributed by atoms with Crippen LogP contribution in [0.4, 0.5) is 4.79 Å². The monoisotopic (exact) mass is 204 g/mol. The topological polar surface area (TPSA) is 52.6 Å². The fourth-order valence-corrected chi connectivity index (χ4v) is 1.50. The number of likely N-dealkylation sites (tertiary alicyclic amines) is 1. The molecule has 0 aliphatic carbocycles. The lowest BCUT2D eigenvalue weighted by Gasteiger charge is -2.25. The molecule has 0 spiro atoms. The van der Waals surface area contributed by atoms with Crippen molar-refractivity contribution in [2.75, 3.05) is 26.2 Å². The summed E-state index contributed by atoms with van der Waals surface area (Å²) in [7, 11) is 0. The molecule has 0 unspecified atom stereocenters. The van der Waals surface area contributed by atoms with E-state index in [1.54, 1.807) is 0 Å². The van der Waals surface area contributed by atoms with Gasteiger partial charge in [-0.2, -0.15) is 0 Å². The van der Waals surface area contributed by atoms with E-state index in [2.05, 4.69) is 10.2 Å². The summed E-state index contributed by atoms with van der Waals surface area (Å²) >= 11 is 0. The fraction of sp³-hybridized carbons (Fsp3) is 0.900. The number of carbonyl (C=O) groups is 1. The van der Waals surface area contributed by atoms with Crippen LogP contribution in [0.5, 0.6) is 0 Å². The number of carboxylic acid groups (broad SMARTS) is 1. The Balaban J connectivity index is 0. The molecule has 0 aromatic rings. The number of nitrogens with one attached hydrogen (secondary N) is 1. The first-order chi connectivity index (χ1) is 6.79. The molecule has 1 saturated heterocycles. The zero-order valence-electron chi connectivity index (χ0n) is 9.25. The van der Waals surface area contributed by atoms with Crippen molar-refractivity contribution in [2.24, 2.45) is 0 Å². The van der Waals surface area contributed by atoms with Gasteiger partial charge in [-0.25, -0.2) is 4.79 Å². The van der Waals surface area contributed by atoms with Crippen LogP contribution in [0.15, 0.2) is 0 Å². The smallest absolute Gasteiger partial charge is 0.404 e. The molecule has 0 aromatic carbocycles. The van der Waals surface area contributed by atoms with Gasteiger partial charge in [-0.05, 0) is 25.9 Å². The first-order valence-electron chi connectivity index (χ1n) is 5.48. The van der Waals surface area contributed by atoms with Crippen molar-refractivity contribution in [1.82, 2.24) is 10.2 Å². The van der Waals surface area contributed by atoms with Crippen LogP contribution < -0.4 is 5.32 Å². The second kappa shape index (κ2) is 8.81. The average Bonchev–Trinajstić information content (AvgIpc) is 2.22. The Bertz CT molecular complexity index is 150. The van der Waals surface area contributed by atoms with Crippen molar-refractivity contribution in [3.63, 3.8) is 0 Å². The zero-order chi connectivity index (χ0) is 10.8. The molecule has 86 valence electrons. The van der Waals surface area contributed by atoms with Crippen LogP contribution >= 0.6 is 0 Å². The Hall–Kier alpha value is -0.770. The minimum Gasteiger partial charge on any atom is -0.465 e. The molecule has 0 aromatic heterocycles. The maximum absolute atomic E-state index is 10.1. The molecular formula is C10H24N2O2. The van der Waals surface area contributed by atoms with Crippen LogP contribution in [0.25, 0.3) is 0 Å². The Morgan fingerprint density at radius 1 is 1.36 bits per heavy atom. The van der Waals surface area contributed by atoms with Gasteiger partial charge in [-0.1, -0.05) is 20.3 Å². The molecule has 1 fully saturated rings. The lowest BCUT2D eigenvalue weighted by Crippen LogP contribution is -2.37. The molecule has 0 bridgehead atoms. The van der Waals surface area contributed by atoms with Crippen LogP contribution in [0, 0.1) is 0 Å². The molecule has 1 aliphatic heterocycles. The van der Waals surface area contributed by atoms with E-state index < -0.39 is 6.09 Å². The number of piperidine rings is 1. The van der Waals surface area contributed by atoms with E-state index in [1.807, 2.05) is 13.8 Å². The quantitative estimate of drug-likeness (QED) is 0.739. The van der Waals surface area contributed by atoms with Gasteiger partial charge in [0.15, 0.2) is 0 Å². The molecule has 0 saturated carbocycles. The van der Waals surface area contributed by atoms with Crippen molar-refractivity contribution in [1.29, 1.82) is 0 Å². The van der Waals surface area contributed by atoms with Crippen LogP contribution in [0.2, 0.25) is 0 Å². The number of hydrogen-bond acceptors (Lipinski definition) is 2. The highest BCUT2D eigenvalue weighted by atomic mass is 16.4. The third-order valence-corrected chi connectivity index (χ3v) is 2.15. The molecule has 1 rings (SSSR count). The molecule has 0 radical (unpaired) electrons. The van der Waals surface area contributed by atoms with Crippen molar-refractivity contribution < 1.29 is 11.3 Å². The molecular weight excluding hydrogens is 180 g/mol. The van der Waals surface area contributed by atoms with Crippen molar-refractivity contribution in [2.45, 2.75) is 33.1 Å². The lowest BCUT2D eigenvalue weighted by atomic mass is 10.1. The molecule has 1 aliphatic rings. The van der Waals surface area contributed by atoms with Crippen molar-refractivity contribution >= 4 is 6.09 Å². The van der Waals surface area contributed by atoms with E-state index >= 15 is 0 Å². The summed E-state index contributed by atoms with van der Waals surface area (Å²) in [5.41, 5.74) is 0. The van der Waals surface area contributed by atoms with Gasteiger partial charge in [0.25, 0.3) is 0 Å². The van der Waals surface area contributed by atoms with Crippen molar-refractivity contribution in [3.8, 4) is 0 Å². The number of nitrogens with zero attached hydrogens (tertiary/aromatic N) is 1. The third kappa shape index (κ3) is 6.71. The molecule has 2 N–H and O–H groups in total. The summed E-state index contributed by atoms with van der Waals surface area (Å²) in [6.07, 6.45) is 2.91. The van der Waals surface area contributed by atoms with Gasteiger partial charge in [-0.3, -0.25) is 0 Å². The van der Waals surface area contributed by atoms with Crippen LogP contribution in [-0.2, 0) is 0 Å². The van der Waals surface area contributed by atoms with E-state index in [0.717, 1.165) is 19.6 Å². The highest BCUT2D eigenvalue weighted by Gasteiger charge is 2.08. The number of hydrogen-bond donors (Lipinski definition) is 2. The van der Waals surface area contributed by atoms with Gasteiger partial charge < -0.3 is 15.3 Å². The lowest BCUT2D eigenvalue weighted by molar-refractivity contribution is 0.188. The summed E-state index contributed by atoms with van der Waals surface area (Å²) in [5.74, 6) is 0. The Labute approximate surface area is 87.8 Å². The SMILES string of the molecule is CC.O=C(O)NCCN1CCCCC1.[HH]. The summed E-state index contributed by atoms with van der Waals surface area (Å²) < 4.78 is 0. The van der Waals surface area contributed by atoms with E-state index in [-0.39, 0.29) is 1.43 Å². The predicted octanol–water partition coefficient (Wildman–Crippen LogP) is 2.01. The highest BCUT2D eigenvalue weighted by Crippen LogP contribution is 2.06. The predicted molar refractivity (Wildman–Crippen MR) is 59.8 cm³/mol. The second-order valence-electron chi connectivity index (χ2n) is 3.13. The van der Waals surface area contributed by atoms with E-state index in [0.29, 0.717) is 6.54 Å². The zero-order valence-corrected chi connectivity index (χ0v) is 9.25. The van der Waals surface area contributed by atoms with E-state index in [4.69, 9.17) is 5.11 Å². The van der Waals surface area contributed by atoms with Crippen molar-refractivity contribution in [3.05, 3.63) is 0 Å². The average molecular weight is 204 g/mol. The summed E-state index contributed by atoms with van der Waals surface area (Å²) in [6, 6.07) is 0. The fourth-order valence-electron chi connectivity index (χ4n) is 1.50. The maximum atomic E-state index is 10.1. The summed E-state index contributed by atoms with van der Waals surface area (Å²) in [6.45, 7) is 7.66. The largest absolute Gasteiger partial charge is 0.465 e. The minimum absolute atomic E-state index is 0. The number of amides is 1. The van der Waals surface area contributed by atoms with Gasteiger partial charge in [-0.15, -0.1) is 0 Å². The molecule has 14 heavy (non-hydrogen) atoms. The molecule has 4 nitrogen and oxygen atoms in total. The molecule has 0 atom stereocenters.